The summed E-state index contributed by atoms with van der Waals surface area (Å²) in [5.74, 6) is 0.411. The first kappa shape index (κ1) is 14.7. The SMILES string of the molecule is CC(C)CC(=O)N(C)[C@@H](C)[C@H](O)c1ccccc1. The van der Waals surface area contributed by atoms with Crippen molar-refractivity contribution in [3.63, 3.8) is 0 Å². The lowest BCUT2D eigenvalue weighted by Gasteiger charge is -2.29. The van der Waals surface area contributed by atoms with E-state index in [0.29, 0.717) is 12.3 Å². The molecule has 1 aromatic carbocycles. The first-order valence-electron chi connectivity index (χ1n) is 6.42. The van der Waals surface area contributed by atoms with Gasteiger partial charge < -0.3 is 10.0 Å². The molecule has 1 rings (SSSR count). The summed E-state index contributed by atoms with van der Waals surface area (Å²) in [7, 11) is 1.75. The fourth-order valence-electron chi connectivity index (χ4n) is 1.86. The van der Waals surface area contributed by atoms with Crippen LogP contribution in [0.3, 0.4) is 0 Å². The van der Waals surface area contributed by atoms with Crippen LogP contribution >= 0.6 is 0 Å². The van der Waals surface area contributed by atoms with Gasteiger partial charge in [0.1, 0.15) is 0 Å². The average Bonchev–Trinajstić information content (AvgIpc) is 2.36. The summed E-state index contributed by atoms with van der Waals surface area (Å²) in [6.07, 6.45) is -0.130. The Labute approximate surface area is 109 Å². The number of rotatable bonds is 5. The Hall–Kier alpha value is -1.35. The number of carbonyl (C=O) groups excluding carboxylic acids is 1. The summed E-state index contributed by atoms with van der Waals surface area (Å²) in [5.41, 5.74) is 0.842. The van der Waals surface area contributed by atoms with Crippen molar-refractivity contribution in [1.29, 1.82) is 0 Å². The molecule has 1 N–H and O–H groups in total. The molecule has 0 aliphatic heterocycles. The number of aliphatic hydroxyl groups excluding tert-OH is 1. The van der Waals surface area contributed by atoms with Crippen LogP contribution in [0.25, 0.3) is 0 Å². The third-order valence-electron chi connectivity index (χ3n) is 3.19. The Morgan fingerprint density at radius 3 is 2.28 bits per heavy atom. The lowest BCUT2D eigenvalue weighted by atomic mass is 10.0. The van der Waals surface area contributed by atoms with Gasteiger partial charge in [0, 0.05) is 13.5 Å². The van der Waals surface area contributed by atoms with Crippen LogP contribution in [0, 0.1) is 5.92 Å². The fourth-order valence-corrected chi connectivity index (χ4v) is 1.86. The fraction of sp³-hybridized carbons (Fsp3) is 0.533. The number of hydrogen-bond acceptors (Lipinski definition) is 2. The van der Waals surface area contributed by atoms with Gasteiger partial charge in [0.05, 0.1) is 12.1 Å². The van der Waals surface area contributed by atoms with Crippen LogP contribution in [0.2, 0.25) is 0 Å². The van der Waals surface area contributed by atoms with Crippen molar-refractivity contribution < 1.29 is 9.90 Å². The molecular formula is C15H23NO2. The monoisotopic (exact) mass is 249 g/mol. The quantitative estimate of drug-likeness (QED) is 0.871. The summed E-state index contributed by atoms with van der Waals surface area (Å²) >= 11 is 0. The predicted molar refractivity (Wildman–Crippen MR) is 73.1 cm³/mol. The molecule has 2 atom stereocenters. The molecule has 18 heavy (non-hydrogen) atoms. The average molecular weight is 249 g/mol. The number of hydrogen-bond donors (Lipinski definition) is 1. The van der Waals surface area contributed by atoms with E-state index in [0.717, 1.165) is 5.56 Å². The van der Waals surface area contributed by atoms with E-state index in [-0.39, 0.29) is 11.9 Å². The first-order chi connectivity index (χ1) is 8.43. The van der Waals surface area contributed by atoms with Gasteiger partial charge in [-0.3, -0.25) is 4.79 Å². The number of benzene rings is 1. The van der Waals surface area contributed by atoms with Gasteiger partial charge in [-0.15, -0.1) is 0 Å². The van der Waals surface area contributed by atoms with Crippen molar-refractivity contribution in [2.45, 2.75) is 39.3 Å². The summed E-state index contributed by atoms with van der Waals surface area (Å²) in [5, 5.41) is 10.2. The van der Waals surface area contributed by atoms with Crippen molar-refractivity contribution >= 4 is 5.91 Å². The van der Waals surface area contributed by atoms with Crippen molar-refractivity contribution in [3.05, 3.63) is 35.9 Å². The number of aliphatic hydroxyl groups is 1. The van der Waals surface area contributed by atoms with Gasteiger partial charge in [0.2, 0.25) is 5.91 Å². The molecule has 3 heteroatoms. The number of likely N-dealkylation sites (N-methyl/N-ethyl adjacent to an activating group) is 1. The van der Waals surface area contributed by atoms with Crippen LogP contribution in [0.1, 0.15) is 38.9 Å². The highest BCUT2D eigenvalue weighted by Crippen LogP contribution is 2.20. The lowest BCUT2D eigenvalue weighted by molar-refractivity contribution is -0.134. The van der Waals surface area contributed by atoms with Gasteiger partial charge in [-0.25, -0.2) is 0 Å². The van der Waals surface area contributed by atoms with Gasteiger partial charge in [-0.1, -0.05) is 44.2 Å². The number of nitrogens with zero attached hydrogens (tertiary/aromatic N) is 1. The maximum absolute atomic E-state index is 11.9. The molecular weight excluding hydrogens is 226 g/mol. The van der Waals surface area contributed by atoms with E-state index in [9.17, 15) is 9.90 Å². The van der Waals surface area contributed by atoms with E-state index < -0.39 is 6.10 Å². The molecule has 1 aromatic rings. The molecule has 0 unspecified atom stereocenters. The zero-order valence-electron chi connectivity index (χ0n) is 11.6. The second-order valence-electron chi connectivity index (χ2n) is 5.20. The van der Waals surface area contributed by atoms with Gasteiger partial charge in [-0.05, 0) is 18.4 Å². The molecule has 0 heterocycles. The van der Waals surface area contributed by atoms with Crippen LogP contribution in [-0.2, 0) is 4.79 Å². The van der Waals surface area contributed by atoms with E-state index in [1.807, 2.05) is 51.1 Å². The maximum Gasteiger partial charge on any atom is 0.222 e. The largest absolute Gasteiger partial charge is 0.386 e. The minimum atomic E-state index is -0.646. The Bertz CT molecular complexity index is 375. The van der Waals surface area contributed by atoms with E-state index in [1.165, 1.54) is 0 Å². The lowest BCUT2D eigenvalue weighted by Crippen LogP contribution is -2.39. The van der Waals surface area contributed by atoms with E-state index in [4.69, 9.17) is 0 Å². The molecule has 3 nitrogen and oxygen atoms in total. The van der Waals surface area contributed by atoms with Crippen molar-refractivity contribution in [1.82, 2.24) is 4.90 Å². The summed E-state index contributed by atoms with van der Waals surface area (Å²) in [4.78, 5) is 13.6. The molecule has 0 aromatic heterocycles. The van der Waals surface area contributed by atoms with Crippen molar-refractivity contribution in [2.24, 2.45) is 5.92 Å². The number of amides is 1. The normalized spacial score (nSPS) is 14.3. The van der Waals surface area contributed by atoms with Gasteiger partial charge in [0.15, 0.2) is 0 Å². The molecule has 0 aliphatic rings. The molecule has 0 aliphatic carbocycles. The Kier molecular flexibility index (Phi) is 5.35. The maximum atomic E-state index is 11.9. The summed E-state index contributed by atoms with van der Waals surface area (Å²) in [6.45, 7) is 5.91. The highest BCUT2D eigenvalue weighted by Gasteiger charge is 2.24. The predicted octanol–water partition coefficient (Wildman–Crippen LogP) is 2.61. The molecule has 0 bridgehead atoms. The molecule has 0 saturated carbocycles. The second kappa shape index (κ2) is 6.55. The molecule has 1 amide bonds. The first-order valence-corrected chi connectivity index (χ1v) is 6.42. The van der Waals surface area contributed by atoms with E-state index >= 15 is 0 Å². The van der Waals surface area contributed by atoms with Crippen molar-refractivity contribution in [3.8, 4) is 0 Å². The standard InChI is InChI=1S/C15H23NO2/c1-11(2)10-14(17)16(4)12(3)15(18)13-8-6-5-7-9-13/h5-9,11-12,15,18H,10H2,1-4H3/t12-,15-/m0/s1. The Morgan fingerprint density at radius 2 is 1.78 bits per heavy atom. The number of carbonyl (C=O) groups is 1. The van der Waals surface area contributed by atoms with Crippen LogP contribution in [0.4, 0.5) is 0 Å². The van der Waals surface area contributed by atoms with E-state index in [1.54, 1.807) is 11.9 Å². The minimum absolute atomic E-state index is 0.0764. The zero-order valence-corrected chi connectivity index (χ0v) is 11.6. The van der Waals surface area contributed by atoms with Crippen LogP contribution in [0.5, 0.6) is 0 Å². The molecule has 0 fully saturated rings. The van der Waals surface area contributed by atoms with Gasteiger partial charge >= 0.3 is 0 Å². The molecule has 0 saturated heterocycles. The van der Waals surface area contributed by atoms with Gasteiger partial charge in [-0.2, -0.15) is 0 Å². The van der Waals surface area contributed by atoms with Crippen LogP contribution < -0.4 is 0 Å². The Balaban J connectivity index is 2.69. The molecule has 0 spiro atoms. The third kappa shape index (κ3) is 3.84. The van der Waals surface area contributed by atoms with E-state index in [2.05, 4.69) is 0 Å². The molecule has 0 radical (unpaired) electrons. The highest BCUT2D eigenvalue weighted by molar-refractivity contribution is 5.76. The van der Waals surface area contributed by atoms with Crippen molar-refractivity contribution in [2.75, 3.05) is 7.05 Å². The zero-order chi connectivity index (χ0) is 13.7. The van der Waals surface area contributed by atoms with Crippen LogP contribution in [-0.4, -0.2) is 29.0 Å². The summed E-state index contributed by atoms with van der Waals surface area (Å²) < 4.78 is 0. The Morgan fingerprint density at radius 1 is 1.22 bits per heavy atom. The minimum Gasteiger partial charge on any atom is -0.386 e. The van der Waals surface area contributed by atoms with Crippen LogP contribution in [0.15, 0.2) is 30.3 Å². The molecule has 100 valence electrons. The topological polar surface area (TPSA) is 40.5 Å². The summed E-state index contributed by atoms with van der Waals surface area (Å²) in [6, 6.07) is 9.22. The van der Waals surface area contributed by atoms with Gasteiger partial charge in [0.25, 0.3) is 0 Å². The third-order valence-corrected chi connectivity index (χ3v) is 3.19. The smallest absolute Gasteiger partial charge is 0.222 e. The highest BCUT2D eigenvalue weighted by atomic mass is 16.3. The second-order valence-corrected chi connectivity index (χ2v) is 5.20.